The zero-order valence-electron chi connectivity index (χ0n) is 36.3. The SMILES string of the molecule is c1ccc(-c2nc3c4c(-c5ccc(-c6ccc(-c7cc(-c8ccc9ccccc9c8)nc(-c8ccc9ccccc9c8)n7)cc6)cc5)nc5ccccc5c4ccc3n2-c2ccccc2)cc1. The van der Waals surface area contributed by atoms with Gasteiger partial charge in [0.05, 0.1) is 33.6 Å². The molecule has 0 radical (unpaired) electrons. The summed E-state index contributed by atoms with van der Waals surface area (Å²) >= 11 is 0. The van der Waals surface area contributed by atoms with E-state index in [4.69, 9.17) is 19.9 Å². The van der Waals surface area contributed by atoms with Gasteiger partial charge in [-0.3, -0.25) is 4.57 Å². The Morgan fingerprint density at radius 2 is 0.851 bits per heavy atom. The number of fused-ring (bicyclic) bond motifs is 7. The second-order valence-corrected chi connectivity index (χ2v) is 17.0. The van der Waals surface area contributed by atoms with E-state index in [1.807, 2.05) is 6.07 Å². The van der Waals surface area contributed by atoms with Crippen LogP contribution in [-0.4, -0.2) is 24.5 Å². The number of pyridine rings is 1. The van der Waals surface area contributed by atoms with Gasteiger partial charge in [0.25, 0.3) is 0 Å². The highest BCUT2D eigenvalue weighted by atomic mass is 15.1. The van der Waals surface area contributed by atoms with Gasteiger partial charge in [-0.2, -0.15) is 0 Å². The van der Waals surface area contributed by atoms with Crippen LogP contribution in [0, 0.1) is 0 Å². The van der Waals surface area contributed by atoms with Crippen molar-refractivity contribution in [2.45, 2.75) is 0 Å². The summed E-state index contributed by atoms with van der Waals surface area (Å²) in [4.78, 5) is 21.2. The van der Waals surface area contributed by atoms with Crippen molar-refractivity contribution in [1.29, 1.82) is 0 Å². The normalized spacial score (nSPS) is 11.6. The van der Waals surface area contributed by atoms with Crippen molar-refractivity contribution in [3.63, 3.8) is 0 Å². The van der Waals surface area contributed by atoms with Gasteiger partial charge in [0.2, 0.25) is 0 Å². The number of benzene rings is 10. The molecular weight excluding hydrogens is 815 g/mol. The molecule has 0 aliphatic carbocycles. The zero-order chi connectivity index (χ0) is 44.3. The monoisotopic (exact) mass is 853 g/mol. The molecular formula is C62H39N5. The molecule has 67 heavy (non-hydrogen) atoms. The molecule has 0 aliphatic rings. The molecule has 0 saturated carbocycles. The Morgan fingerprint density at radius 3 is 1.55 bits per heavy atom. The molecule has 0 amide bonds. The van der Waals surface area contributed by atoms with E-state index < -0.39 is 0 Å². The van der Waals surface area contributed by atoms with Crippen molar-refractivity contribution < 1.29 is 0 Å². The number of hydrogen-bond acceptors (Lipinski definition) is 4. The predicted octanol–water partition coefficient (Wildman–Crippen LogP) is 15.8. The molecule has 13 rings (SSSR count). The van der Waals surface area contributed by atoms with Crippen LogP contribution in [0.15, 0.2) is 237 Å². The van der Waals surface area contributed by atoms with Crippen LogP contribution < -0.4 is 0 Å². The van der Waals surface area contributed by atoms with Gasteiger partial charge in [-0.15, -0.1) is 0 Å². The summed E-state index contributed by atoms with van der Waals surface area (Å²) in [6.07, 6.45) is 0. The molecule has 5 heteroatoms. The van der Waals surface area contributed by atoms with Crippen LogP contribution in [-0.2, 0) is 0 Å². The minimum atomic E-state index is 0.696. The van der Waals surface area contributed by atoms with Crippen LogP contribution in [0.25, 0.3) is 128 Å². The highest BCUT2D eigenvalue weighted by molar-refractivity contribution is 6.20. The third kappa shape index (κ3) is 6.80. The van der Waals surface area contributed by atoms with E-state index in [2.05, 4.69) is 235 Å². The molecule has 312 valence electrons. The van der Waals surface area contributed by atoms with E-state index in [9.17, 15) is 0 Å². The number of para-hydroxylation sites is 2. The summed E-state index contributed by atoms with van der Waals surface area (Å²) in [5.41, 5.74) is 14.0. The third-order valence-electron chi connectivity index (χ3n) is 13.0. The van der Waals surface area contributed by atoms with Crippen molar-refractivity contribution in [1.82, 2.24) is 24.5 Å². The lowest BCUT2D eigenvalue weighted by Gasteiger charge is -2.13. The molecule has 0 bridgehead atoms. The summed E-state index contributed by atoms with van der Waals surface area (Å²) in [5.74, 6) is 1.59. The Balaban J connectivity index is 0.900. The molecule has 0 saturated heterocycles. The van der Waals surface area contributed by atoms with Gasteiger partial charge in [-0.1, -0.05) is 194 Å². The van der Waals surface area contributed by atoms with Crippen LogP contribution in [0.3, 0.4) is 0 Å². The first kappa shape index (κ1) is 38.4. The highest BCUT2D eigenvalue weighted by Gasteiger charge is 2.21. The standard InChI is InChI=1S/C62H39N5/c1-3-15-46(16-4-1)62-66-60-57(67(62)51-19-5-2-6-20-51)36-35-53-52-21-11-12-22-54(52)63-59(58(53)60)45-31-25-43(26-32-45)42-23-29-44(30-24-42)55-39-56(49-33-27-40-13-7-9-17-47(40)37-49)65-61(64-55)50-34-28-41-14-8-10-18-48(41)38-50/h1-39H. The first-order valence-corrected chi connectivity index (χ1v) is 22.6. The van der Waals surface area contributed by atoms with Gasteiger partial charge < -0.3 is 0 Å². The quantitative estimate of drug-likeness (QED) is 0.150. The maximum Gasteiger partial charge on any atom is 0.160 e. The second kappa shape index (κ2) is 15.9. The largest absolute Gasteiger partial charge is 0.292 e. The van der Waals surface area contributed by atoms with Gasteiger partial charge in [0.15, 0.2) is 5.82 Å². The fourth-order valence-electron chi connectivity index (χ4n) is 9.61. The number of hydrogen-bond donors (Lipinski definition) is 0. The van der Waals surface area contributed by atoms with Crippen molar-refractivity contribution in [2.75, 3.05) is 0 Å². The van der Waals surface area contributed by atoms with Crippen molar-refractivity contribution in [3.8, 4) is 73.4 Å². The Labute approximate surface area is 387 Å². The summed E-state index contributed by atoms with van der Waals surface area (Å²) in [5, 5.41) is 7.99. The van der Waals surface area contributed by atoms with Crippen molar-refractivity contribution >= 4 is 54.3 Å². The van der Waals surface area contributed by atoms with Crippen molar-refractivity contribution in [3.05, 3.63) is 237 Å². The van der Waals surface area contributed by atoms with Crippen LogP contribution in [0.2, 0.25) is 0 Å². The minimum Gasteiger partial charge on any atom is -0.292 e. The summed E-state index contributed by atoms with van der Waals surface area (Å²) in [7, 11) is 0. The van der Waals surface area contributed by atoms with Gasteiger partial charge in [-0.25, -0.2) is 19.9 Å². The molecule has 0 atom stereocenters. The lowest BCUT2D eigenvalue weighted by Crippen LogP contribution is -1.97. The molecule has 3 aromatic heterocycles. The average Bonchev–Trinajstić information content (AvgIpc) is 3.81. The Bertz CT molecular complexity index is 3910. The van der Waals surface area contributed by atoms with Crippen LogP contribution in [0.1, 0.15) is 0 Å². The summed E-state index contributed by atoms with van der Waals surface area (Å²) in [6.45, 7) is 0. The first-order valence-electron chi connectivity index (χ1n) is 22.6. The average molecular weight is 854 g/mol. The van der Waals surface area contributed by atoms with Gasteiger partial charge in [0.1, 0.15) is 5.82 Å². The third-order valence-corrected chi connectivity index (χ3v) is 13.0. The molecule has 0 fully saturated rings. The van der Waals surface area contributed by atoms with Gasteiger partial charge in [-0.05, 0) is 80.5 Å². The Hall–Kier alpha value is -9.06. The predicted molar refractivity (Wildman–Crippen MR) is 277 cm³/mol. The molecule has 13 aromatic rings. The van der Waals surface area contributed by atoms with Crippen LogP contribution in [0.5, 0.6) is 0 Å². The first-order chi connectivity index (χ1) is 33.2. The second-order valence-electron chi connectivity index (χ2n) is 17.0. The molecule has 0 aliphatic heterocycles. The van der Waals surface area contributed by atoms with Gasteiger partial charge in [0, 0.05) is 44.3 Å². The van der Waals surface area contributed by atoms with Crippen LogP contribution in [0.4, 0.5) is 0 Å². The van der Waals surface area contributed by atoms with E-state index in [0.29, 0.717) is 5.82 Å². The lowest BCUT2D eigenvalue weighted by atomic mass is 9.96. The van der Waals surface area contributed by atoms with Crippen LogP contribution >= 0.6 is 0 Å². The Kier molecular flexibility index (Phi) is 9.10. The maximum absolute atomic E-state index is 5.46. The fraction of sp³-hybridized carbons (Fsp3) is 0. The number of rotatable bonds is 7. The zero-order valence-corrected chi connectivity index (χ0v) is 36.3. The molecule has 0 N–H and O–H groups in total. The van der Waals surface area contributed by atoms with Crippen molar-refractivity contribution in [2.24, 2.45) is 0 Å². The molecule has 3 heterocycles. The summed E-state index contributed by atoms with van der Waals surface area (Å²) in [6, 6.07) is 83.3. The smallest absolute Gasteiger partial charge is 0.160 e. The fourth-order valence-corrected chi connectivity index (χ4v) is 9.61. The lowest BCUT2D eigenvalue weighted by molar-refractivity contribution is 1.10. The van der Waals surface area contributed by atoms with E-state index in [-0.39, 0.29) is 0 Å². The van der Waals surface area contributed by atoms with E-state index >= 15 is 0 Å². The van der Waals surface area contributed by atoms with Gasteiger partial charge >= 0.3 is 0 Å². The Morgan fingerprint density at radius 1 is 0.313 bits per heavy atom. The van der Waals surface area contributed by atoms with E-state index in [0.717, 1.165) is 106 Å². The molecule has 5 nitrogen and oxygen atoms in total. The number of aromatic nitrogens is 5. The summed E-state index contributed by atoms with van der Waals surface area (Å²) < 4.78 is 2.27. The maximum atomic E-state index is 5.46. The highest BCUT2D eigenvalue weighted by Crippen LogP contribution is 2.40. The van der Waals surface area contributed by atoms with E-state index in [1.54, 1.807) is 0 Å². The molecule has 0 unspecified atom stereocenters. The van der Waals surface area contributed by atoms with E-state index in [1.165, 1.54) is 16.2 Å². The minimum absolute atomic E-state index is 0.696. The number of imidazole rings is 1. The number of nitrogens with zero attached hydrogens (tertiary/aromatic N) is 5. The molecule has 0 spiro atoms. The topological polar surface area (TPSA) is 56.5 Å². The molecule has 10 aromatic carbocycles.